The highest BCUT2D eigenvalue weighted by Crippen LogP contribution is 2.36. The summed E-state index contributed by atoms with van der Waals surface area (Å²) in [6.07, 6.45) is -0.0190. The maximum atomic E-state index is 11.8. The van der Waals surface area contributed by atoms with Gasteiger partial charge in [-0.05, 0) is 43.5 Å². The number of halogens is 1. The average molecular weight is 379 g/mol. The van der Waals surface area contributed by atoms with Gasteiger partial charge >= 0.3 is 6.16 Å². The molecule has 2 aromatic rings. The number of hydrogen-bond acceptors (Lipinski definition) is 6. The number of rotatable bonds is 7. The molecule has 1 aromatic carbocycles. The fraction of sp³-hybridized carbons (Fsp3) is 0.421. The average Bonchev–Trinajstić information content (AvgIpc) is 2.61. The predicted octanol–water partition coefficient (Wildman–Crippen LogP) is 5.24. The largest absolute Gasteiger partial charge is 0.514 e. The molecule has 0 aliphatic heterocycles. The SMILES string of the molecule is CCCOc1nc(-c2ccc(Cl)cc2)nc(C(C)C)c1OC(=O)OCC. The minimum Gasteiger partial charge on any atom is -0.475 e. The van der Waals surface area contributed by atoms with Crippen molar-refractivity contribution in [1.29, 1.82) is 0 Å². The third kappa shape index (κ3) is 5.08. The summed E-state index contributed by atoms with van der Waals surface area (Å²) in [6.45, 7) is 8.25. The van der Waals surface area contributed by atoms with Crippen molar-refractivity contribution >= 4 is 17.8 Å². The van der Waals surface area contributed by atoms with Crippen LogP contribution in [0.5, 0.6) is 11.6 Å². The van der Waals surface area contributed by atoms with E-state index in [0.717, 1.165) is 12.0 Å². The Kier molecular flexibility index (Phi) is 7.21. The lowest BCUT2D eigenvalue weighted by Crippen LogP contribution is -2.15. The molecule has 0 aliphatic carbocycles. The first kappa shape index (κ1) is 20.0. The lowest BCUT2D eigenvalue weighted by Gasteiger charge is -2.17. The van der Waals surface area contributed by atoms with E-state index in [9.17, 15) is 4.79 Å². The molecule has 0 saturated heterocycles. The summed E-state index contributed by atoms with van der Waals surface area (Å²) in [5, 5.41) is 0.627. The van der Waals surface area contributed by atoms with E-state index >= 15 is 0 Å². The molecule has 0 aliphatic rings. The summed E-state index contributed by atoms with van der Waals surface area (Å²) >= 11 is 5.96. The van der Waals surface area contributed by atoms with Crippen molar-refractivity contribution in [3.05, 3.63) is 35.0 Å². The Bertz CT molecular complexity index is 748. The Balaban J connectivity index is 2.53. The first-order valence-corrected chi connectivity index (χ1v) is 8.99. The maximum Gasteiger partial charge on any atom is 0.514 e. The third-order valence-electron chi connectivity index (χ3n) is 3.40. The predicted molar refractivity (Wildman–Crippen MR) is 100 cm³/mol. The van der Waals surface area contributed by atoms with Crippen LogP contribution >= 0.6 is 11.6 Å². The molecular weight excluding hydrogens is 356 g/mol. The molecule has 26 heavy (non-hydrogen) atoms. The molecule has 1 aromatic heterocycles. The van der Waals surface area contributed by atoms with Gasteiger partial charge in [0.15, 0.2) is 5.82 Å². The Morgan fingerprint density at radius 1 is 1.15 bits per heavy atom. The van der Waals surface area contributed by atoms with Crippen LogP contribution in [0.4, 0.5) is 4.79 Å². The van der Waals surface area contributed by atoms with Crippen LogP contribution < -0.4 is 9.47 Å². The molecule has 2 rings (SSSR count). The number of carbonyl (C=O) groups excluding carboxylic acids is 1. The maximum absolute atomic E-state index is 11.8. The number of ether oxygens (including phenoxy) is 3. The molecule has 0 radical (unpaired) electrons. The van der Waals surface area contributed by atoms with Gasteiger partial charge in [-0.2, -0.15) is 4.98 Å². The first-order valence-electron chi connectivity index (χ1n) is 8.61. The van der Waals surface area contributed by atoms with Gasteiger partial charge in [0.05, 0.1) is 18.9 Å². The second kappa shape index (κ2) is 9.38. The van der Waals surface area contributed by atoms with Crippen LogP contribution in [-0.2, 0) is 4.74 Å². The topological polar surface area (TPSA) is 70.5 Å². The monoisotopic (exact) mass is 378 g/mol. The summed E-state index contributed by atoms with van der Waals surface area (Å²) < 4.78 is 16.0. The zero-order chi connectivity index (χ0) is 19.1. The molecule has 0 spiro atoms. The van der Waals surface area contributed by atoms with Gasteiger partial charge in [0.25, 0.3) is 5.88 Å². The van der Waals surface area contributed by atoms with Crippen LogP contribution in [0.3, 0.4) is 0 Å². The molecule has 7 heteroatoms. The van der Waals surface area contributed by atoms with Gasteiger partial charge in [-0.1, -0.05) is 32.4 Å². The fourth-order valence-electron chi connectivity index (χ4n) is 2.19. The van der Waals surface area contributed by atoms with Crippen molar-refractivity contribution in [2.75, 3.05) is 13.2 Å². The van der Waals surface area contributed by atoms with E-state index in [1.165, 1.54) is 0 Å². The molecule has 0 atom stereocenters. The lowest BCUT2D eigenvalue weighted by molar-refractivity contribution is 0.101. The van der Waals surface area contributed by atoms with E-state index < -0.39 is 6.16 Å². The van der Waals surface area contributed by atoms with Crippen molar-refractivity contribution in [1.82, 2.24) is 9.97 Å². The quantitative estimate of drug-likeness (QED) is 0.613. The van der Waals surface area contributed by atoms with E-state index in [2.05, 4.69) is 9.97 Å². The standard InChI is InChI=1S/C19H23ClN2O4/c1-5-11-25-18-16(26-19(23)24-6-2)15(12(3)4)21-17(22-18)13-7-9-14(20)10-8-13/h7-10,12H,5-6,11H2,1-4H3. The van der Waals surface area contributed by atoms with E-state index in [1.54, 1.807) is 19.1 Å². The highest BCUT2D eigenvalue weighted by atomic mass is 35.5. The van der Waals surface area contributed by atoms with Crippen LogP contribution in [0.2, 0.25) is 5.02 Å². The van der Waals surface area contributed by atoms with Crippen molar-refractivity contribution in [3.63, 3.8) is 0 Å². The van der Waals surface area contributed by atoms with E-state index in [0.29, 0.717) is 23.1 Å². The van der Waals surface area contributed by atoms with Crippen LogP contribution in [0.1, 0.15) is 45.7 Å². The van der Waals surface area contributed by atoms with Crippen LogP contribution in [0.25, 0.3) is 11.4 Å². The fourth-order valence-corrected chi connectivity index (χ4v) is 2.31. The molecule has 6 nitrogen and oxygen atoms in total. The zero-order valence-electron chi connectivity index (χ0n) is 15.4. The van der Waals surface area contributed by atoms with Crippen molar-refractivity contribution in [2.24, 2.45) is 0 Å². The van der Waals surface area contributed by atoms with Crippen LogP contribution in [-0.4, -0.2) is 29.3 Å². The van der Waals surface area contributed by atoms with E-state index in [1.807, 2.05) is 32.9 Å². The molecule has 0 amide bonds. The van der Waals surface area contributed by atoms with Gasteiger partial charge in [-0.15, -0.1) is 0 Å². The smallest absolute Gasteiger partial charge is 0.475 e. The highest BCUT2D eigenvalue weighted by Gasteiger charge is 2.23. The van der Waals surface area contributed by atoms with Gasteiger partial charge in [0.1, 0.15) is 0 Å². The molecule has 0 N–H and O–H groups in total. The number of nitrogens with zero attached hydrogens (tertiary/aromatic N) is 2. The summed E-state index contributed by atoms with van der Waals surface area (Å²) in [5.74, 6) is 0.887. The van der Waals surface area contributed by atoms with E-state index in [-0.39, 0.29) is 24.2 Å². The minimum atomic E-state index is -0.807. The number of hydrogen-bond donors (Lipinski definition) is 0. The van der Waals surface area contributed by atoms with Crippen molar-refractivity contribution in [3.8, 4) is 23.0 Å². The Labute approximate surface area is 158 Å². The first-order chi connectivity index (χ1) is 12.5. The number of carbonyl (C=O) groups is 1. The van der Waals surface area contributed by atoms with Gasteiger partial charge in [-0.3, -0.25) is 0 Å². The molecule has 0 saturated carbocycles. The molecular formula is C19H23ClN2O4. The number of benzene rings is 1. The van der Waals surface area contributed by atoms with Crippen LogP contribution in [0, 0.1) is 0 Å². The Hall–Kier alpha value is -2.34. The molecule has 0 unspecified atom stereocenters. The summed E-state index contributed by atoms with van der Waals surface area (Å²) in [4.78, 5) is 20.9. The summed E-state index contributed by atoms with van der Waals surface area (Å²) in [7, 11) is 0. The van der Waals surface area contributed by atoms with Gasteiger partial charge < -0.3 is 14.2 Å². The second-order valence-corrected chi connectivity index (χ2v) is 6.30. The second-order valence-electron chi connectivity index (χ2n) is 5.86. The zero-order valence-corrected chi connectivity index (χ0v) is 16.2. The summed E-state index contributed by atoms with van der Waals surface area (Å²) in [6, 6.07) is 7.20. The molecule has 1 heterocycles. The third-order valence-corrected chi connectivity index (χ3v) is 3.65. The molecule has 0 fully saturated rings. The van der Waals surface area contributed by atoms with Gasteiger partial charge in [-0.25, -0.2) is 9.78 Å². The molecule has 140 valence electrons. The van der Waals surface area contributed by atoms with Gasteiger partial charge in [0, 0.05) is 10.6 Å². The lowest BCUT2D eigenvalue weighted by atomic mass is 10.1. The minimum absolute atomic E-state index is 0.0162. The number of aromatic nitrogens is 2. The van der Waals surface area contributed by atoms with Crippen molar-refractivity contribution < 1.29 is 19.0 Å². The van der Waals surface area contributed by atoms with E-state index in [4.69, 9.17) is 25.8 Å². The summed E-state index contributed by atoms with van der Waals surface area (Å²) in [5.41, 5.74) is 1.37. The van der Waals surface area contributed by atoms with Gasteiger partial charge in [0.2, 0.25) is 5.75 Å². The Morgan fingerprint density at radius 2 is 1.85 bits per heavy atom. The van der Waals surface area contributed by atoms with Crippen molar-refractivity contribution in [2.45, 2.75) is 40.0 Å². The van der Waals surface area contributed by atoms with Crippen LogP contribution in [0.15, 0.2) is 24.3 Å². The Morgan fingerprint density at radius 3 is 2.42 bits per heavy atom. The normalized spacial score (nSPS) is 10.7. The highest BCUT2D eigenvalue weighted by molar-refractivity contribution is 6.30. The molecule has 0 bridgehead atoms.